The Balaban J connectivity index is 2.47. The van der Waals surface area contributed by atoms with E-state index in [0.717, 1.165) is 22.1 Å². The lowest BCUT2D eigenvalue weighted by molar-refractivity contribution is -0.120. The highest BCUT2D eigenvalue weighted by Crippen LogP contribution is 2.16. The van der Waals surface area contributed by atoms with Crippen molar-refractivity contribution < 1.29 is 4.79 Å². The van der Waals surface area contributed by atoms with Crippen molar-refractivity contribution >= 4 is 21.8 Å². The highest BCUT2D eigenvalue weighted by molar-refractivity contribution is 9.10. The summed E-state index contributed by atoms with van der Waals surface area (Å²) in [6.45, 7) is 3.58. The van der Waals surface area contributed by atoms with Crippen LogP contribution in [0.25, 0.3) is 0 Å². The van der Waals surface area contributed by atoms with Crippen molar-refractivity contribution in [3.05, 3.63) is 33.8 Å². The molecule has 1 amide bonds. The van der Waals surface area contributed by atoms with E-state index in [-0.39, 0.29) is 5.91 Å². The number of nitrogens with zero attached hydrogens (tertiary/aromatic N) is 1. The molecule has 17 heavy (non-hydrogen) atoms. The van der Waals surface area contributed by atoms with Crippen LogP contribution in [0.3, 0.4) is 0 Å². The van der Waals surface area contributed by atoms with Gasteiger partial charge in [-0.3, -0.25) is 4.79 Å². The molecule has 3 nitrogen and oxygen atoms in total. The molecule has 4 heteroatoms. The summed E-state index contributed by atoms with van der Waals surface area (Å²) < 4.78 is 1.01. The monoisotopic (exact) mass is 298 g/mol. The zero-order valence-corrected chi connectivity index (χ0v) is 12.2. The molecule has 1 aromatic rings. The van der Waals surface area contributed by atoms with E-state index in [1.807, 2.05) is 44.1 Å². The fourth-order valence-corrected chi connectivity index (χ4v) is 1.89. The molecule has 1 N–H and O–H groups in total. The largest absolute Gasteiger partial charge is 0.355 e. The fourth-order valence-electron chi connectivity index (χ4n) is 1.48. The molecular weight excluding hydrogens is 280 g/mol. The van der Waals surface area contributed by atoms with Crippen molar-refractivity contribution in [1.29, 1.82) is 0 Å². The molecule has 0 radical (unpaired) electrons. The van der Waals surface area contributed by atoms with Crippen molar-refractivity contribution in [3.63, 3.8) is 0 Å². The Morgan fingerprint density at radius 3 is 2.76 bits per heavy atom. The van der Waals surface area contributed by atoms with Gasteiger partial charge in [0.2, 0.25) is 5.91 Å². The molecule has 0 saturated heterocycles. The van der Waals surface area contributed by atoms with Crippen LogP contribution >= 0.6 is 15.9 Å². The maximum absolute atomic E-state index is 11.7. The number of amides is 1. The van der Waals surface area contributed by atoms with Gasteiger partial charge in [0, 0.05) is 17.6 Å². The second kappa shape index (κ2) is 6.77. The highest BCUT2D eigenvalue weighted by atomic mass is 79.9. The first-order valence-electron chi connectivity index (χ1n) is 5.65. The SMILES string of the molecule is Cc1ccc(Br)cc1CC(=O)NCCN(C)C. The molecule has 0 spiro atoms. The van der Waals surface area contributed by atoms with Gasteiger partial charge < -0.3 is 10.2 Å². The van der Waals surface area contributed by atoms with Gasteiger partial charge in [-0.15, -0.1) is 0 Å². The van der Waals surface area contributed by atoms with Gasteiger partial charge in [0.15, 0.2) is 0 Å². The molecule has 0 bridgehead atoms. The zero-order chi connectivity index (χ0) is 12.8. The van der Waals surface area contributed by atoms with E-state index in [4.69, 9.17) is 0 Å². The average Bonchev–Trinajstić information content (AvgIpc) is 2.23. The van der Waals surface area contributed by atoms with Crippen molar-refractivity contribution in [2.45, 2.75) is 13.3 Å². The first kappa shape index (κ1) is 14.2. The van der Waals surface area contributed by atoms with Gasteiger partial charge in [0.25, 0.3) is 0 Å². The summed E-state index contributed by atoms with van der Waals surface area (Å²) in [5.74, 6) is 0.0769. The molecule has 0 aliphatic rings. The third kappa shape index (κ3) is 5.33. The van der Waals surface area contributed by atoms with Gasteiger partial charge in [-0.2, -0.15) is 0 Å². The molecule has 0 unspecified atom stereocenters. The zero-order valence-electron chi connectivity index (χ0n) is 10.6. The van der Waals surface area contributed by atoms with E-state index in [2.05, 4.69) is 21.2 Å². The first-order chi connectivity index (χ1) is 7.99. The lowest BCUT2D eigenvalue weighted by Crippen LogP contribution is -2.32. The molecule has 1 rings (SSSR count). The number of hydrogen-bond donors (Lipinski definition) is 1. The van der Waals surface area contributed by atoms with Crippen molar-refractivity contribution in [1.82, 2.24) is 10.2 Å². The number of aryl methyl sites for hydroxylation is 1. The second-order valence-electron chi connectivity index (χ2n) is 4.40. The molecule has 1 aromatic carbocycles. The van der Waals surface area contributed by atoms with Crippen LogP contribution in [0.5, 0.6) is 0 Å². The summed E-state index contributed by atoms with van der Waals surface area (Å²) in [6, 6.07) is 6.01. The minimum atomic E-state index is 0.0769. The summed E-state index contributed by atoms with van der Waals surface area (Å²) >= 11 is 3.42. The number of carbonyl (C=O) groups excluding carboxylic acids is 1. The molecule has 0 aliphatic carbocycles. The molecule has 0 aliphatic heterocycles. The van der Waals surface area contributed by atoms with Crippen LogP contribution in [0, 0.1) is 6.92 Å². The van der Waals surface area contributed by atoms with Gasteiger partial charge in [0.05, 0.1) is 6.42 Å². The molecule has 94 valence electrons. The second-order valence-corrected chi connectivity index (χ2v) is 5.32. The first-order valence-corrected chi connectivity index (χ1v) is 6.45. The number of benzene rings is 1. The third-order valence-electron chi connectivity index (χ3n) is 2.54. The van der Waals surface area contributed by atoms with E-state index >= 15 is 0 Å². The molecule has 0 fully saturated rings. The van der Waals surface area contributed by atoms with Crippen molar-refractivity contribution in [3.8, 4) is 0 Å². The Bertz CT molecular complexity index is 391. The maximum Gasteiger partial charge on any atom is 0.224 e. The number of hydrogen-bond acceptors (Lipinski definition) is 2. The van der Waals surface area contributed by atoms with Crippen LogP contribution in [0.1, 0.15) is 11.1 Å². The molecule has 0 heterocycles. The Hall–Kier alpha value is -0.870. The van der Waals surface area contributed by atoms with Gasteiger partial charge in [-0.05, 0) is 44.3 Å². The number of likely N-dealkylation sites (N-methyl/N-ethyl adjacent to an activating group) is 1. The Morgan fingerprint density at radius 1 is 1.41 bits per heavy atom. The Kier molecular flexibility index (Phi) is 5.65. The van der Waals surface area contributed by atoms with Gasteiger partial charge in [-0.25, -0.2) is 0 Å². The normalized spacial score (nSPS) is 10.6. The van der Waals surface area contributed by atoms with Gasteiger partial charge in [-0.1, -0.05) is 22.0 Å². The highest BCUT2D eigenvalue weighted by Gasteiger charge is 2.06. The summed E-state index contributed by atoms with van der Waals surface area (Å²) in [5.41, 5.74) is 2.22. The van der Waals surface area contributed by atoms with E-state index < -0.39 is 0 Å². The molecular formula is C13H19BrN2O. The molecule has 0 atom stereocenters. The maximum atomic E-state index is 11.7. The average molecular weight is 299 g/mol. The Morgan fingerprint density at radius 2 is 2.12 bits per heavy atom. The summed E-state index contributed by atoms with van der Waals surface area (Å²) in [7, 11) is 3.98. The summed E-state index contributed by atoms with van der Waals surface area (Å²) in [5, 5.41) is 2.91. The Labute approximate surface area is 111 Å². The van der Waals surface area contributed by atoms with Crippen molar-refractivity contribution in [2.24, 2.45) is 0 Å². The lowest BCUT2D eigenvalue weighted by atomic mass is 10.1. The number of nitrogens with one attached hydrogen (secondary N) is 1. The summed E-state index contributed by atoms with van der Waals surface area (Å²) in [4.78, 5) is 13.8. The van der Waals surface area contributed by atoms with Gasteiger partial charge in [0.1, 0.15) is 0 Å². The lowest BCUT2D eigenvalue weighted by Gasteiger charge is -2.11. The predicted molar refractivity (Wildman–Crippen MR) is 74.1 cm³/mol. The van der Waals surface area contributed by atoms with Crippen LogP contribution in [0.4, 0.5) is 0 Å². The summed E-state index contributed by atoms with van der Waals surface area (Å²) in [6.07, 6.45) is 0.443. The quantitative estimate of drug-likeness (QED) is 0.901. The van der Waals surface area contributed by atoms with Crippen LogP contribution in [-0.4, -0.2) is 38.0 Å². The number of halogens is 1. The van der Waals surface area contributed by atoms with E-state index in [0.29, 0.717) is 13.0 Å². The van der Waals surface area contributed by atoms with E-state index in [9.17, 15) is 4.79 Å². The molecule has 0 saturated carbocycles. The van der Waals surface area contributed by atoms with Crippen LogP contribution in [0.2, 0.25) is 0 Å². The van der Waals surface area contributed by atoms with Gasteiger partial charge >= 0.3 is 0 Å². The van der Waals surface area contributed by atoms with Crippen LogP contribution in [0.15, 0.2) is 22.7 Å². The van der Waals surface area contributed by atoms with E-state index in [1.54, 1.807) is 0 Å². The molecule has 0 aromatic heterocycles. The standard InChI is InChI=1S/C13H19BrN2O/c1-10-4-5-12(14)8-11(10)9-13(17)15-6-7-16(2)3/h4-5,8H,6-7,9H2,1-3H3,(H,15,17). The fraction of sp³-hybridized carbons (Fsp3) is 0.462. The van der Waals surface area contributed by atoms with E-state index in [1.165, 1.54) is 0 Å². The van der Waals surface area contributed by atoms with Crippen LogP contribution in [-0.2, 0) is 11.2 Å². The third-order valence-corrected chi connectivity index (χ3v) is 3.04. The number of rotatable bonds is 5. The minimum Gasteiger partial charge on any atom is -0.355 e. The number of carbonyl (C=O) groups is 1. The topological polar surface area (TPSA) is 32.3 Å². The minimum absolute atomic E-state index is 0.0769. The van der Waals surface area contributed by atoms with Crippen LogP contribution < -0.4 is 5.32 Å². The van der Waals surface area contributed by atoms with Crippen molar-refractivity contribution in [2.75, 3.05) is 27.2 Å². The predicted octanol–water partition coefficient (Wildman–Crippen LogP) is 1.98. The smallest absolute Gasteiger partial charge is 0.224 e.